The van der Waals surface area contributed by atoms with Crippen LogP contribution in [0.15, 0.2) is 48.5 Å². The second-order valence-electron chi connectivity index (χ2n) is 5.31. The average molecular weight is 282 g/mol. The Bertz CT molecular complexity index is 655. The molecule has 2 aromatic carbocycles. The van der Waals surface area contributed by atoms with Crippen molar-refractivity contribution in [1.82, 2.24) is 0 Å². The molecule has 0 aliphatic carbocycles. The summed E-state index contributed by atoms with van der Waals surface area (Å²) in [5.74, 6) is 0. The lowest BCUT2D eigenvalue weighted by Crippen LogP contribution is -2.39. The van der Waals surface area contributed by atoms with E-state index in [0.29, 0.717) is 13.0 Å². The molecule has 1 unspecified atom stereocenters. The Morgan fingerprint density at radius 1 is 1.24 bits per heavy atom. The number of nitrogens with one attached hydrogen (secondary N) is 1. The zero-order chi connectivity index (χ0) is 14.8. The fourth-order valence-corrected chi connectivity index (χ4v) is 2.64. The highest BCUT2D eigenvalue weighted by molar-refractivity contribution is 6.02. The van der Waals surface area contributed by atoms with E-state index in [1.54, 1.807) is 4.90 Å². The maximum atomic E-state index is 12.5. The SMILES string of the molecule is Cc1ccc2c(c1)C(O)CCN2C(=O)Nc1ccccc1. The van der Waals surface area contributed by atoms with E-state index in [9.17, 15) is 9.90 Å². The fraction of sp³-hybridized carbons (Fsp3) is 0.235. The molecule has 0 radical (unpaired) electrons. The summed E-state index contributed by atoms with van der Waals surface area (Å²) in [7, 11) is 0. The third kappa shape index (κ3) is 2.76. The van der Waals surface area contributed by atoms with Crippen LogP contribution in [0.4, 0.5) is 16.2 Å². The number of rotatable bonds is 1. The highest BCUT2D eigenvalue weighted by atomic mass is 16.3. The summed E-state index contributed by atoms with van der Waals surface area (Å²) < 4.78 is 0. The molecular formula is C17H18N2O2. The molecule has 0 saturated heterocycles. The van der Waals surface area contributed by atoms with Crippen LogP contribution in [0.1, 0.15) is 23.7 Å². The van der Waals surface area contributed by atoms with Gasteiger partial charge in [-0.2, -0.15) is 0 Å². The number of fused-ring (bicyclic) bond motifs is 1. The summed E-state index contributed by atoms with van der Waals surface area (Å²) >= 11 is 0. The number of hydrogen-bond donors (Lipinski definition) is 2. The van der Waals surface area contributed by atoms with Gasteiger partial charge in [-0.05, 0) is 31.5 Å². The first kappa shape index (κ1) is 13.6. The molecule has 0 aromatic heterocycles. The third-order valence-electron chi connectivity index (χ3n) is 3.73. The van der Waals surface area contributed by atoms with Gasteiger partial charge >= 0.3 is 6.03 Å². The van der Waals surface area contributed by atoms with Gasteiger partial charge in [0.2, 0.25) is 0 Å². The first-order valence-electron chi connectivity index (χ1n) is 7.07. The molecule has 1 atom stereocenters. The number of anilines is 2. The molecular weight excluding hydrogens is 264 g/mol. The van der Waals surface area contributed by atoms with Gasteiger partial charge in [0.25, 0.3) is 0 Å². The van der Waals surface area contributed by atoms with Gasteiger partial charge in [0, 0.05) is 17.8 Å². The van der Waals surface area contributed by atoms with Crippen molar-refractivity contribution in [2.75, 3.05) is 16.8 Å². The molecule has 1 aliphatic rings. The highest BCUT2D eigenvalue weighted by Gasteiger charge is 2.27. The Morgan fingerprint density at radius 3 is 2.76 bits per heavy atom. The molecule has 1 aliphatic heterocycles. The minimum Gasteiger partial charge on any atom is -0.388 e. The Hall–Kier alpha value is -2.33. The molecule has 4 nitrogen and oxygen atoms in total. The minimum absolute atomic E-state index is 0.168. The number of para-hydroxylation sites is 1. The van der Waals surface area contributed by atoms with Crippen molar-refractivity contribution in [3.05, 3.63) is 59.7 Å². The molecule has 3 rings (SSSR count). The van der Waals surface area contributed by atoms with Crippen LogP contribution in [0.3, 0.4) is 0 Å². The van der Waals surface area contributed by atoms with Gasteiger partial charge < -0.3 is 10.4 Å². The number of carbonyl (C=O) groups excluding carboxylic acids is 1. The van der Waals surface area contributed by atoms with Gasteiger partial charge in [-0.25, -0.2) is 4.79 Å². The van der Waals surface area contributed by atoms with Gasteiger partial charge in [-0.1, -0.05) is 35.9 Å². The maximum absolute atomic E-state index is 12.5. The number of carbonyl (C=O) groups is 1. The van der Waals surface area contributed by atoms with E-state index in [4.69, 9.17) is 0 Å². The molecule has 4 heteroatoms. The number of aliphatic hydroxyl groups excluding tert-OH is 1. The number of benzene rings is 2. The zero-order valence-corrected chi connectivity index (χ0v) is 11.9. The number of aryl methyl sites for hydroxylation is 1. The summed E-state index contributed by atoms with van der Waals surface area (Å²) in [5.41, 5.74) is 3.46. The smallest absolute Gasteiger partial charge is 0.326 e. The van der Waals surface area contributed by atoms with Gasteiger partial charge in [-0.15, -0.1) is 0 Å². The predicted octanol–water partition coefficient (Wildman–Crippen LogP) is 3.47. The maximum Gasteiger partial charge on any atom is 0.326 e. The summed E-state index contributed by atoms with van der Waals surface area (Å²) in [6.07, 6.45) is 0.0549. The van der Waals surface area contributed by atoms with E-state index >= 15 is 0 Å². The topological polar surface area (TPSA) is 52.6 Å². The Labute approximate surface area is 124 Å². The summed E-state index contributed by atoms with van der Waals surface area (Å²) in [6, 6.07) is 15.0. The quantitative estimate of drug-likeness (QED) is 0.841. The van der Waals surface area contributed by atoms with Crippen molar-refractivity contribution in [1.29, 1.82) is 0 Å². The molecule has 108 valence electrons. The van der Waals surface area contributed by atoms with Gasteiger partial charge in [0.05, 0.1) is 11.8 Å². The standard InChI is InChI=1S/C17H18N2O2/c1-12-7-8-15-14(11-12)16(20)9-10-19(15)17(21)18-13-5-3-2-4-6-13/h2-8,11,16,20H,9-10H2,1H3,(H,18,21). The number of nitrogens with zero attached hydrogens (tertiary/aromatic N) is 1. The summed E-state index contributed by atoms with van der Waals surface area (Å²) in [5, 5.41) is 13.0. The van der Waals surface area contributed by atoms with Crippen LogP contribution in [0, 0.1) is 6.92 Å². The van der Waals surface area contributed by atoms with Crippen LogP contribution in [-0.2, 0) is 0 Å². The van der Waals surface area contributed by atoms with Crippen LogP contribution in [0.2, 0.25) is 0 Å². The van der Waals surface area contributed by atoms with Gasteiger partial charge in [0.1, 0.15) is 0 Å². The number of amides is 2. The lowest BCUT2D eigenvalue weighted by molar-refractivity contribution is 0.164. The number of hydrogen-bond acceptors (Lipinski definition) is 2. The average Bonchev–Trinajstić information content (AvgIpc) is 2.49. The lowest BCUT2D eigenvalue weighted by atomic mass is 9.97. The first-order chi connectivity index (χ1) is 10.1. The second kappa shape index (κ2) is 5.58. The Balaban J connectivity index is 1.87. The van der Waals surface area contributed by atoms with Gasteiger partial charge in [0.15, 0.2) is 0 Å². The van der Waals surface area contributed by atoms with Crippen LogP contribution in [0.5, 0.6) is 0 Å². The molecule has 0 spiro atoms. The molecule has 1 heterocycles. The van der Waals surface area contributed by atoms with E-state index in [1.807, 2.05) is 55.5 Å². The highest BCUT2D eigenvalue weighted by Crippen LogP contribution is 2.34. The van der Waals surface area contributed by atoms with Crippen LogP contribution in [-0.4, -0.2) is 17.7 Å². The van der Waals surface area contributed by atoms with E-state index in [-0.39, 0.29) is 6.03 Å². The normalized spacial score (nSPS) is 17.2. The van der Waals surface area contributed by atoms with Crippen molar-refractivity contribution >= 4 is 17.4 Å². The van der Waals surface area contributed by atoms with Crippen molar-refractivity contribution in [3.8, 4) is 0 Å². The van der Waals surface area contributed by atoms with Crippen LogP contribution in [0.25, 0.3) is 0 Å². The van der Waals surface area contributed by atoms with Crippen LogP contribution >= 0.6 is 0 Å². The minimum atomic E-state index is -0.499. The van der Waals surface area contributed by atoms with E-state index < -0.39 is 6.10 Å². The van der Waals surface area contributed by atoms with E-state index in [2.05, 4.69) is 5.32 Å². The van der Waals surface area contributed by atoms with E-state index in [1.165, 1.54) is 0 Å². The Kier molecular flexibility index (Phi) is 3.62. The molecule has 0 fully saturated rings. The first-order valence-corrected chi connectivity index (χ1v) is 7.07. The summed E-state index contributed by atoms with van der Waals surface area (Å²) in [6.45, 7) is 2.49. The Morgan fingerprint density at radius 2 is 2.00 bits per heavy atom. The predicted molar refractivity (Wildman–Crippen MR) is 83.6 cm³/mol. The van der Waals surface area contributed by atoms with Crippen LogP contribution < -0.4 is 10.2 Å². The largest absolute Gasteiger partial charge is 0.388 e. The number of aliphatic hydroxyl groups is 1. The van der Waals surface area contributed by atoms with Crippen molar-refractivity contribution in [2.45, 2.75) is 19.4 Å². The number of urea groups is 1. The van der Waals surface area contributed by atoms with Crippen molar-refractivity contribution in [2.24, 2.45) is 0 Å². The molecule has 21 heavy (non-hydrogen) atoms. The van der Waals surface area contributed by atoms with Crippen molar-refractivity contribution < 1.29 is 9.90 Å². The van der Waals surface area contributed by atoms with Crippen molar-refractivity contribution in [3.63, 3.8) is 0 Å². The monoisotopic (exact) mass is 282 g/mol. The lowest BCUT2D eigenvalue weighted by Gasteiger charge is -2.32. The summed E-state index contributed by atoms with van der Waals surface area (Å²) in [4.78, 5) is 14.1. The molecule has 0 saturated carbocycles. The second-order valence-corrected chi connectivity index (χ2v) is 5.31. The molecule has 2 aromatic rings. The zero-order valence-electron chi connectivity index (χ0n) is 11.9. The molecule has 0 bridgehead atoms. The molecule has 2 N–H and O–H groups in total. The van der Waals surface area contributed by atoms with E-state index in [0.717, 1.165) is 22.5 Å². The third-order valence-corrected chi connectivity index (χ3v) is 3.73. The fourth-order valence-electron chi connectivity index (χ4n) is 2.64. The molecule has 2 amide bonds. The van der Waals surface area contributed by atoms with Gasteiger partial charge in [-0.3, -0.25) is 4.90 Å².